The molecule has 1 fully saturated rings. The highest BCUT2D eigenvalue weighted by Gasteiger charge is 2.28. The van der Waals surface area contributed by atoms with Crippen molar-refractivity contribution < 1.29 is 4.74 Å². The summed E-state index contributed by atoms with van der Waals surface area (Å²) in [5.41, 5.74) is 6.43. The largest absolute Gasteiger partial charge is 0.481 e. The fourth-order valence-corrected chi connectivity index (χ4v) is 4.54. The smallest absolute Gasteiger partial charge is 0.213 e. The van der Waals surface area contributed by atoms with Crippen LogP contribution in [-0.2, 0) is 12.8 Å². The molecule has 26 heavy (non-hydrogen) atoms. The van der Waals surface area contributed by atoms with Crippen LogP contribution < -0.4 is 4.74 Å². The Hall–Kier alpha value is -2.41. The van der Waals surface area contributed by atoms with Crippen molar-refractivity contribution in [2.45, 2.75) is 63.7 Å². The fraction of sp³-hybridized carbons (Fsp3) is 0.500. The van der Waals surface area contributed by atoms with Crippen molar-refractivity contribution in [1.82, 2.24) is 9.97 Å². The lowest BCUT2D eigenvalue weighted by Crippen LogP contribution is -2.10. The maximum Gasteiger partial charge on any atom is 0.213 e. The number of fused-ring (bicyclic) bond motifs is 1. The molecule has 4 rings (SSSR count). The van der Waals surface area contributed by atoms with E-state index in [4.69, 9.17) is 9.72 Å². The summed E-state index contributed by atoms with van der Waals surface area (Å²) in [5.74, 6) is 1.02. The molecule has 0 bridgehead atoms. The first-order chi connectivity index (χ1) is 12.8. The molecular formula is C22H25N3O. The van der Waals surface area contributed by atoms with Gasteiger partial charge in [0.15, 0.2) is 0 Å². The van der Waals surface area contributed by atoms with E-state index in [1.165, 1.54) is 36.9 Å². The van der Waals surface area contributed by atoms with Crippen LogP contribution in [0.5, 0.6) is 5.88 Å². The van der Waals surface area contributed by atoms with Crippen molar-refractivity contribution in [3.05, 3.63) is 40.8 Å². The van der Waals surface area contributed by atoms with Gasteiger partial charge in [0.05, 0.1) is 18.4 Å². The summed E-state index contributed by atoms with van der Waals surface area (Å²) in [7, 11) is 1.63. The Morgan fingerprint density at radius 3 is 2.69 bits per heavy atom. The zero-order chi connectivity index (χ0) is 17.9. The lowest BCUT2D eigenvalue weighted by atomic mass is 9.87. The van der Waals surface area contributed by atoms with Gasteiger partial charge in [0.2, 0.25) is 5.88 Å². The molecule has 4 heteroatoms. The first kappa shape index (κ1) is 17.0. The van der Waals surface area contributed by atoms with E-state index < -0.39 is 0 Å². The van der Waals surface area contributed by atoms with Gasteiger partial charge in [-0.1, -0.05) is 19.3 Å². The monoisotopic (exact) mass is 347 g/mol. The summed E-state index contributed by atoms with van der Waals surface area (Å²) in [5, 5.41) is 10.1. The molecule has 4 nitrogen and oxygen atoms in total. The molecule has 0 saturated heterocycles. The second kappa shape index (κ2) is 7.45. The van der Waals surface area contributed by atoms with E-state index in [0.29, 0.717) is 11.8 Å². The summed E-state index contributed by atoms with van der Waals surface area (Å²) in [6, 6.07) is 6.48. The molecule has 2 heterocycles. The van der Waals surface area contributed by atoms with Crippen molar-refractivity contribution in [2.75, 3.05) is 7.11 Å². The topological polar surface area (TPSA) is 58.8 Å². The third-order valence-corrected chi connectivity index (χ3v) is 5.84. The molecule has 2 aromatic heterocycles. The summed E-state index contributed by atoms with van der Waals surface area (Å²) in [6.45, 7) is 0. The van der Waals surface area contributed by atoms with Crippen LogP contribution >= 0.6 is 0 Å². The Bertz CT molecular complexity index is 847. The van der Waals surface area contributed by atoms with Crippen molar-refractivity contribution in [3.8, 4) is 23.1 Å². The van der Waals surface area contributed by atoms with Gasteiger partial charge in [-0.2, -0.15) is 5.26 Å². The Balaban J connectivity index is 1.97. The lowest BCUT2D eigenvalue weighted by molar-refractivity contribution is 0.398. The van der Waals surface area contributed by atoms with Crippen LogP contribution in [0.15, 0.2) is 18.3 Å². The van der Waals surface area contributed by atoms with Gasteiger partial charge in [0.25, 0.3) is 0 Å². The molecule has 0 spiro atoms. The molecule has 1 saturated carbocycles. The van der Waals surface area contributed by atoms with Gasteiger partial charge in [0.1, 0.15) is 6.07 Å². The highest BCUT2D eigenvalue weighted by molar-refractivity contribution is 5.76. The van der Waals surface area contributed by atoms with Crippen molar-refractivity contribution in [2.24, 2.45) is 0 Å². The van der Waals surface area contributed by atoms with E-state index in [1.54, 1.807) is 13.3 Å². The first-order valence-corrected chi connectivity index (χ1v) is 9.78. The molecule has 0 aliphatic heterocycles. The normalized spacial score (nSPS) is 17.4. The Morgan fingerprint density at radius 1 is 1.12 bits per heavy atom. The summed E-state index contributed by atoms with van der Waals surface area (Å²) < 4.78 is 5.34. The van der Waals surface area contributed by atoms with E-state index in [9.17, 15) is 5.26 Å². The number of aromatic nitrogens is 2. The average molecular weight is 347 g/mol. The van der Waals surface area contributed by atoms with Crippen LogP contribution in [0.25, 0.3) is 11.1 Å². The van der Waals surface area contributed by atoms with Crippen molar-refractivity contribution >= 4 is 0 Å². The minimum Gasteiger partial charge on any atom is -0.481 e. The van der Waals surface area contributed by atoms with Crippen LogP contribution in [-0.4, -0.2) is 17.1 Å². The van der Waals surface area contributed by atoms with Gasteiger partial charge >= 0.3 is 0 Å². The van der Waals surface area contributed by atoms with Gasteiger partial charge in [-0.05, 0) is 55.7 Å². The van der Waals surface area contributed by atoms with Crippen LogP contribution in [0.2, 0.25) is 0 Å². The Morgan fingerprint density at radius 2 is 1.92 bits per heavy atom. The molecule has 0 radical (unpaired) electrons. The van der Waals surface area contributed by atoms with E-state index in [-0.39, 0.29) is 0 Å². The Labute approximate surface area is 155 Å². The molecule has 2 aliphatic carbocycles. The molecule has 0 amide bonds. The van der Waals surface area contributed by atoms with Crippen LogP contribution in [0.4, 0.5) is 0 Å². The molecule has 2 aliphatic rings. The van der Waals surface area contributed by atoms with Gasteiger partial charge in [-0.3, -0.25) is 4.98 Å². The van der Waals surface area contributed by atoms with E-state index >= 15 is 0 Å². The summed E-state index contributed by atoms with van der Waals surface area (Å²) in [4.78, 5) is 9.33. The van der Waals surface area contributed by atoms with E-state index in [0.717, 1.165) is 54.5 Å². The van der Waals surface area contributed by atoms with Gasteiger partial charge in [0, 0.05) is 29.4 Å². The number of pyridine rings is 2. The number of aryl methyl sites for hydroxylation is 1. The predicted octanol–water partition coefficient (Wildman–Crippen LogP) is 4.95. The number of hydrogen-bond donors (Lipinski definition) is 0. The molecule has 0 N–H and O–H groups in total. The van der Waals surface area contributed by atoms with Gasteiger partial charge in [-0.25, -0.2) is 4.98 Å². The standard InChI is InChI=1S/C22H25N3O/c1-26-20-13-16(11-12-24-20)21-17-9-3-2-4-10-19(17)25-22(18(21)14-23)15-7-5-6-8-15/h11-13,15H,2-10H2,1H3. The highest BCUT2D eigenvalue weighted by atomic mass is 16.5. The molecular weight excluding hydrogens is 322 g/mol. The van der Waals surface area contributed by atoms with Crippen LogP contribution in [0, 0.1) is 11.3 Å². The van der Waals surface area contributed by atoms with Crippen molar-refractivity contribution in [1.29, 1.82) is 5.26 Å². The molecule has 0 unspecified atom stereocenters. The molecule has 2 aromatic rings. The minimum absolute atomic E-state index is 0.431. The molecule has 0 atom stereocenters. The second-order valence-corrected chi connectivity index (χ2v) is 7.41. The summed E-state index contributed by atoms with van der Waals surface area (Å²) >= 11 is 0. The first-order valence-electron chi connectivity index (χ1n) is 9.78. The second-order valence-electron chi connectivity index (χ2n) is 7.41. The van der Waals surface area contributed by atoms with Gasteiger partial charge < -0.3 is 4.74 Å². The lowest BCUT2D eigenvalue weighted by Gasteiger charge is -2.20. The van der Waals surface area contributed by atoms with Crippen LogP contribution in [0.1, 0.15) is 73.4 Å². The van der Waals surface area contributed by atoms with E-state index in [1.807, 2.05) is 12.1 Å². The third-order valence-electron chi connectivity index (χ3n) is 5.84. The average Bonchev–Trinajstić information content (AvgIpc) is 3.12. The SMILES string of the molecule is COc1cc(-c2c(C#N)c(C3CCCC3)nc3c2CCCCC3)ccn1. The number of hydrogen-bond acceptors (Lipinski definition) is 4. The minimum atomic E-state index is 0.431. The van der Waals surface area contributed by atoms with Crippen molar-refractivity contribution in [3.63, 3.8) is 0 Å². The zero-order valence-electron chi connectivity index (χ0n) is 15.4. The number of nitrogens with zero attached hydrogens (tertiary/aromatic N) is 3. The predicted molar refractivity (Wildman–Crippen MR) is 101 cm³/mol. The quantitative estimate of drug-likeness (QED) is 0.737. The molecule has 134 valence electrons. The third kappa shape index (κ3) is 3.07. The van der Waals surface area contributed by atoms with E-state index in [2.05, 4.69) is 11.1 Å². The molecule has 0 aromatic carbocycles. The number of methoxy groups -OCH3 is 1. The number of rotatable bonds is 3. The zero-order valence-corrected chi connectivity index (χ0v) is 15.4. The maximum absolute atomic E-state index is 10.1. The number of ether oxygens (including phenoxy) is 1. The maximum atomic E-state index is 10.1. The number of nitriles is 1. The van der Waals surface area contributed by atoms with Crippen LogP contribution in [0.3, 0.4) is 0 Å². The fourth-order valence-electron chi connectivity index (χ4n) is 4.54. The Kier molecular flexibility index (Phi) is 4.88. The summed E-state index contributed by atoms with van der Waals surface area (Å²) in [6.07, 6.45) is 12.2. The highest BCUT2D eigenvalue weighted by Crippen LogP contribution is 2.41. The van der Waals surface area contributed by atoms with Gasteiger partial charge in [-0.15, -0.1) is 0 Å².